The number of carbonyl (C=O) groups is 1. The lowest BCUT2D eigenvalue weighted by atomic mass is 9.86. The van der Waals surface area contributed by atoms with Crippen molar-refractivity contribution >= 4 is 11.9 Å². The topological polar surface area (TPSA) is 44.7 Å². The first kappa shape index (κ1) is 14.3. The highest BCUT2D eigenvalue weighted by Gasteiger charge is 2.35. The zero-order valence-corrected chi connectivity index (χ0v) is 12.7. The number of guanidine groups is 1. The van der Waals surface area contributed by atoms with Crippen molar-refractivity contribution in [1.82, 2.24) is 10.2 Å². The first-order chi connectivity index (χ1) is 10.7. The molecule has 0 saturated heterocycles. The van der Waals surface area contributed by atoms with E-state index in [9.17, 15) is 4.79 Å². The summed E-state index contributed by atoms with van der Waals surface area (Å²) in [4.78, 5) is 19.3. The van der Waals surface area contributed by atoms with Crippen LogP contribution in [-0.4, -0.2) is 30.9 Å². The highest BCUT2D eigenvalue weighted by atomic mass is 16.2. The van der Waals surface area contributed by atoms with Gasteiger partial charge in [-0.3, -0.25) is 10.1 Å². The number of benzene rings is 2. The van der Waals surface area contributed by atoms with Gasteiger partial charge in [0.1, 0.15) is 0 Å². The smallest absolute Gasteiger partial charge is 0.236 e. The molecule has 2 atom stereocenters. The van der Waals surface area contributed by atoms with Gasteiger partial charge in [0.2, 0.25) is 11.9 Å². The van der Waals surface area contributed by atoms with Gasteiger partial charge in [0.15, 0.2) is 0 Å². The van der Waals surface area contributed by atoms with Crippen LogP contribution < -0.4 is 5.32 Å². The van der Waals surface area contributed by atoms with Gasteiger partial charge < -0.3 is 4.90 Å². The largest absolute Gasteiger partial charge is 0.349 e. The van der Waals surface area contributed by atoms with Gasteiger partial charge in [-0.2, -0.15) is 0 Å². The number of nitrogens with zero attached hydrogens (tertiary/aromatic N) is 2. The van der Waals surface area contributed by atoms with Crippen molar-refractivity contribution in [2.75, 3.05) is 14.1 Å². The van der Waals surface area contributed by atoms with Crippen LogP contribution in [0.1, 0.15) is 23.1 Å². The van der Waals surface area contributed by atoms with Crippen molar-refractivity contribution in [2.24, 2.45) is 4.99 Å². The SMILES string of the molecule is CN(C)C1=N[C@H](c2ccccc2)[C@H](c2ccccc2)C(=O)N1. The van der Waals surface area contributed by atoms with E-state index >= 15 is 0 Å². The van der Waals surface area contributed by atoms with Crippen molar-refractivity contribution < 1.29 is 4.79 Å². The third-order valence-corrected chi connectivity index (χ3v) is 3.82. The molecule has 2 aromatic rings. The summed E-state index contributed by atoms with van der Waals surface area (Å²) in [6.07, 6.45) is 0. The number of hydrogen-bond acceptors (Lipinski definition) is 3. The fourth-order valence-corrected chi connectivity index (χ4v) is 2.71. The van der Waals surface area contributed by atoms with Crippen LogP contribution in [0.3, 0.4) is 0 Å². The molecule has 1 aliphatic heterocycles. The molecule has 0 radical (unpaired) electrons. The minimum atomic E-state index is -0.313. The highest BCUT2D eigenvalue weighted by Crippen LogP contribution is 2.36. The van der Waals surface area contributed by atoms with Gasteiger partial charge in [-0.15, -0.1) is 0 Å². The first-order valence-corrected chi connectivity index (χ1v) is 7.32. The van der Waals surface area contributed by atoms with Crippen molar-refractivity contribution in [3.63, 3.8) is 0 Å². The Bertz CT molecular complexity index is 680. The lowest BCUT2D eigenvalue weighted by Crippen LogP contribution is -2.47. The van der Waals surface area contributed by atoms with E-state index in [1.54, 1.807) is 0 Å². The van der Waals surface area contributed by atoms with E-state index in [1.807, 2.05) is 79.7 Å². The molecule has 1 aliphatic rings. The number of aliphatic imine (C=N–C) groups is 1. The maximum absolute atomic E-state index is 12.7. The Balaban J connectivity index is 2.09. The molecule has 4 nitrogen and oxygen atoms in total. The van der Waals surface area contributed by atoms with E-state index < -0.39 is 0 Å². The fraction of sp³-hybridized carbons (Fsp3) is 0.222. The highest BCUT2D eigenvalue weighted by molar-refractivity contribution is 6.02. The number of hydrogen-bond donors (Lipinski definition) is 1. The Labute approximate surface area is 130 Å². The van der Waals surface area contributed by atoms with Crippen molar-refractivity contribution in [3.05, 3.63) is 71.8 Å². The van der Waals surface area contributed by atoms with Crippen LogP contribution in [0.2, 0.25) is 0 Å². The molecule has 112 valence electrons. The number of rotatable bonds is 2. The molecular weight excluding hydrogens is 274 g/mol. The van der Waals surface area contributed by atoms with Crippen LogP contribution in [0.4, 0.5) is 0 Å². The zero-order valence-electron chi connectivity index (χ0n) is 12.7. The molecule has 0 spiro atoms. The van der Waals surface area contributed by atoms with E-state index in [4.69, 9.17) is 4.99 Å². The summed E-state index contributed by atoms with van der Waals surface area (Å²) in [5.41, 5.74) is 2.03. The summed E-state index contributed by atoms with van der Waals surface area (Å²) in [5, 5.41) is 2.90. The maximum atomic E-state index is 12.7. The predicted octanol–water partition coefficient (Wildman–Crippen LogP) is 2.56. The summed E-state index contributed by atoms with van der Waals surface area (Å²) in [6, 6.07) is 19.6. The number of carbonyl (C=O) groups excluding carboxylic acids is 1. The molecule has 1 amide bonds. The summed E-state index contributed by atoms with van der Waals surface area (Å²) in [7, 11) is 3.76. The van der Waals surface area contributed by atoms with Crippen molar-refractivity contribution in [3.8, 4) is 0 Å². The molecule has 0 aromatic heterocycles. The Morgan fingerprint density at radius 1 is 0.909 bits per heavy atom. The standard InChI is InChI=1S/C18H19N3O/c1-21(2)18-19-16(14-11-7-4-8-12-14)15(17(22)20-18)13-9-5-3-6-10-13/h3-12,15-16H,1-2H3,(H,19,20,22)/t15-,16+/m0/s1. The van der Waals surface area contributed by atoms with Gasteiger partial charge >= 0.3 is 0 Å². The van der Waals surface area contributed by atoms with Crippen molar-refractivity contribution in [2.45, 2.75) is 12.0 Å². The van der Waals surface area contributed by atoms with Crippen molar-refractivity contribution in [1.29, 1.82) is 0 Å². The average Bonchev–Trinajstić information content (AvgIpc) is 2.55. The number of amides is 1. The Kier molecular flexibility index (Phi) is 3.92. The van der Waals surface area contributed by atoms with E-state index in [-0.39, 0.29) is 17.9 Å². The first-order valence-electron chi connectivity index (χ1n) is 7.32. The molecule has 0 saturated carbocycles. The van der Waals surface area contributed by atoms with E-state index in [0.717, 1.165) is 11.1 Å². The molecule has 0 bridgehead atoms. The summed E-state index contributed by atoms with van der Waals surface area (Å²) >= 11 is 0. The molecule has 0 unspecified atom stereocenters. The fourth-order valence-electron chi connectivity index (χ4n) is 2.71. The molecular formula is C18H19N3O. The second-order valence-corrected chi connectivity index (χ2v) is 5.58. The molecule has 1 heterocycles. The zero-order chi connectivity index (χ0) is 15.5. The average molecular weight is 293 g/mol. The Hall–Kier alpha value is -2.62. The molecule has 0 aliphatic carbocycles. The van der Waals surface area contributed by atoms with Crippen LogP contribution in [0.5, 0.6) is 0 Å². The normalized spacial score (nSPS) is 21.0. The minimum Gasteiger partial charge on any atom is -0.349 e. The van der Waals surface area contributed by atoms with Gasteiger partial charge in [0, 0.05) is 14.1 Å². The quantitative estimate of drug-likeness (QED) is 0.925. The second kappa shape index (κ2) is 6.02. The molecule has 0 fully saturated rings. The molecule has 4 heteroatoms. The van der Waals surface area contributed by atoms with E-state index in [1.165, 1.54) is 0 Å². The Morgan fingerprint density at radius 3 is 2.00 bits per heavy atom. The lowest BCUT2D eigenvalue weighted by Gasteiger charge is -2.31. The molecule has 3 rings (SSSR count). The van der Waals surface area contributed by atoms with Gasteiger partial charge in [0.05, 0.1) is 12.0 Å². The number of nitrogens with one attached hydrogen (secondary N) is 1. The minimum absolute atomic E-state index is 0.0150. The lowest BCUT2D eigenvalue weighted by molar-refractivity contribution is -0.122. The second-order valence-electron chi connectivity index (χ2n) is 5.58. The van der Waals surface area contributed by atoms with Crippen LogP contribution in [-0.2, 0) is 4.79 Å². The molecule has 2 aromatic carbocycles. The van der Waals surface area contributed by atoms with Gasteiger partial charge in [-0.05, 0) is 11.1 Å². The third kappa shape index (κ3) is 2.72. The summed E-state index contributed by atoms with van der Waals surface area (Å²) in [6.45, 7) is 0. The summed E-state index contributed by atoms with van der Waals surface area (Å²) < 4.78 is 0. The third-order valence-electron chi connectivity index (χ3n) is 3.82. The maximum Gasteiger partial charge on any atom is 0.236 e. The van der Waals surface area contributed by atoms with E-state index in [0.29, 0.717) is 5.96 Å². The molecule has 22 heavy (non-hydrogen) atoms. The van der Waals surface area contributed by atoms with Gasteiger partial charge in [-0.25, -0.2) is 4.99 Å². The predicted molar refractivity (Wildman–Crippen MR) is 87.6 cm³/mol. The van der Waals surface area contributed by atoms with E-state index in [2.05, 4.69) is 5.32 Å². The monoisotopic (exact) mass is 293 g/mol. The molecule has 1 N–H and O–H groups in total. The summed E-state index contributed by atoms with van der Waals surface area (Å²) in [5.74, 6) is 0.275. The van der Waals surface area contributed by atoms with Crippen LogP contribution >= 0.6 is 0 Å². The Morgan fingerprint density at radius 2 is 1.45 bits per heavy atom. The van der Waals surface area contributed by atoms with Crippen LogP contribution in [0.15, 0.2) is 65.7 Å². The van der Waals surface area contributed by atoms with Gasteiger partial charge in [0.25, 0.3) is 0 Å². The van der Waals surface area contributed by atoms with Crippen LogP contribution in [0, 0.1) is 0 Å². The van der Waals surface area contributed by atoms with Gasteiger partial charge in [-0.1, -0.05) is 60.7 Å². The van der Waals surface area contributed by atoms with Crippen LogP contribution in [0.25, 0.3) is 0 Å².